The number of aromatic amines is 1. The van der Waals surface area contributed by atoms with Crippen molar-refractivity contribution in [1.82, 2.24) is 15.2 Å². The first-order valence-corrected chi connectivity index (χ1v) is 10.8. The van der Waals surface area contributed by atoms with Crippen LogP contribution in [0.15, 0.2) is 82.6 Å². The number of aromatic nitrogens is 3. The molecule has 2 aromatic heterocycles. The van der Waals surface area contributed by atoms with E-state index in [0.717, 1.165) is 26.8 Å². The molecule has 154 valence electrons. The highest BCUT2D eigenvalue weighted by Crippen LogP contribution is 2.31. The SMILES string of the molecule is CC.COc1ccc(-c2cc(Nc3cc(Sc4ccccc4)cc(Cl)n3)n[nH]2)cc1. The maximum Gasteiger partial charge on any atom is 0.153 e. The molecule has 0 bridgehead atoms. The van der Waals surface area contributed by atoms with Gasteiger partial charge in [-0.3, -0.25) is 5.10 Å². The molecule has 2 N–H and O–H groups in total. The Morgan fingerprint density at radius 2 is 1.63 bits per heavy atom. The zero-order chi connectivity index (χ0) is 21.3. The van der Waals surface area contributed by atoms with Crippen LogP contribution in [0.3, 0.4) is 0 Å². The number of anilines is 2. The van der Waals surface area contributed by atoms with Gasteiger partial charge in [-0.25, -0.2) is 4.98 Å². The van der Waals surface area contributed by atoms with Crippen molar-refractivity contribution >= 4 is 35.0 Å². The Bertz CT molecular complexity index is 1070. The van der Waals surface area contributed by atoms with E-state index in [4.69, 9.17) is 16.3 Å². The van der Waals surface area contributed by atoms with Crippen LogP contribution in [0.25, 0.3) is 11.3 Å². The van der Waals surface area contributed by atoms with Crippen LogP contribution in [0.4, 0.5) is 11.6 Å². The number of nitrogens with one attached hydrogen (secondary N) is 2. The van der Waals surface area contributed by atoms with E-state index in [9.17, 15) is 0 Å². The molecule has 4 rings (SSSR count). The van der Waals surface area contributed by atoms with Crippen molar-refractivity contribution in [2.75, 3.05) is 12.4 Å². The van der Waals surface area contributed by atoms with E-state index in [1.54, 1.807) is 18.9 Å². The van der Waals surface area contributed by atoms with Crippen molar-refractivity contribution in [3.63, 3.8) is 0 Å². The Labute approximate surface area is 185 Å². The molecule has 0 fully saturated rings. The summed E-state index contributed by atoms with van der Waals surface area (Å²) in [5.74, 6) is 2.11. The van der Waals surface area contributed by atoms with Crippen LogP contribution in [-0.4, -0.2) is 22.3 Å². The van der Waals surface area contributed by atoms with Gasteiger partial charge in [0.25, 0.3) is 0 Å². The molecule has 0 radical (unpaired) electrons. The molecule has 0 saturated carbocycles. The van der Waals surface area contributed by atoms with Gasteiger partial charge in [0.2, 0.25) is 0 Å². The predicted octanol–water partition coefficient (Wildman–Crippen LogP) is 7.05. The lowest BCUT2D eigenvalue weighted by atomic mass is 10.1. The number of hydrogen-bond acceptors (Lipinski definition) is 5. The molecule has 5 nitrogen and oxygen atoms in total. The first-order valence-electron chi connectivity index (χ1n) is 9.57. The van der Waals surface area contributed by atoms with Crippen molar-refractivity contribution in [2.24, 2.45) is 0 Å². The molecule has 0 unspecified atom stereocenters. The normalized spacial score (nSPS) is 10.1. The third-order valence-electron chi connectivity index (χ3n) is 3.98. The molecule has 30 heavy (non-hydrogen) atoms. The molecular formula is C23H23ClN4OS. The van der Waals surface area contributed by atoms with Crippen molar-refractivity contribution < 1.29 is 4.74 Å². The summed E-state index contributed by atoms with van der Waals surface area (Å²) in [6.07, 6.45) is 0. The van der Waals surface area contributed by atoms with Crippen LogP contribution in [0.5, 0.6) is 5.75 Å². The fourth-order valence-corrected chi connectivity index (χ4v) is 3.84. The number of pyridine rings is 1. The molecule has 0 saturated heterocycles. The smallest absolute Gasteiger partial charge is 0.153 e. The van der Waals surface area contributed by atoms with E-state index in [0.29, 0.717) is 16.8 Å². The lowest BCUT2D eigenvalue weighted by molar-refractivity contribution is 0.415. The molecule has 0 aliphatic carbocycles. The number of benzene rings is 2. The summed E-state index contributed by atoms with van der Waals surface area (Å²) in [4.78, 5) is 6.48. The van der Waals surface area contributed by atoms with Crippen LogP contribution in [0.2, 0.25) is 5.15 Å². The number of nitrogens with zero attached hydrogens (tertiary/aromatic N) is 2. The lowest BCUT2D eigenvalue weighted by Crippen LogP contribution is -1.94. The Hall–Kier alpha value is -2.96. The monoisotopic (exact) mass is 438 g/mol. The molecule has 0 aliphatic heterocycles. The number of methoxy groups -OCH3 is 1. The molecule has 0 spiro atoms. The summed E-state index contributed by atoms with van der Waals surface area (Å²) in [6.45, 7) is 4.00. The van der Waals surface area contributed by atoms with Gasteiger partial charge in [0.1, 0.15) is 16.7 Å². The molecule has 7 heteroatoms. The van der Waals surface area contributed by atoms with Gasteiger partial charge in [-0.05, 0) is 54.1 Å². The zero-order valence-electron chi connectivity index (χ0n) is 17.0. The molecule has 0 amide bonds. The highest BCUT2D eigenvalue weighted by atomic mass is 35.5. The molecule has 4 aromatic rings. The highest BCUT2D eigenvalue weighted by molar-refractivity contribution is 7.99. The maximum atomic E-state index is 6.21. The second kappa shape index (κ2) is 10.7. The molecular weight excluding hydrogens is 416 g/mol. The molecule has 2 heterocycles. The van der Waals surface area contributed by atoms with E-state index < -0.39 is 0 Å². The van der Waals surface area contributed by atoms with Crippen LogP contribution in [-0.2, 0) is 0 Å². The van der Waals surface area contributed by atoms with Crippen LogP contribution in [0.1, 0.15) is 13.8 Å². The van der Waals surface area contributed by atoms with Gasteiger partial charge >= 0.3 is 0 Å². The lowest BCUT2D eigenvalue weighted by Gasteiger charge is -2.06. The summed E-state index contributed by atoms with van der Waals surface area (Å²) in [5.41, 5.74) is 1.91. The first-order chi connectivity index (χ1) is 14.7. The topological polar surface area (TPSA) is 62.8 Å². The van der Waals surface area contributed by atoms with Crippen molar-refractivity contribution in [2.45, 2.75) is 23.6 Å². The van der Waals surface area contributed by atoms with Gasteiger partial charge in [-0.2, -0.15) is 5.10 Å². The number of ether oxygens (including phenoxy) is 1. The van der Waals surface area contributed by atoms with Gasteiger partial charge in [-0.1, -0.05) is 55.4 Å². The van der Waals surface area contributed by atoms with Crippen molar-refractivity contribution in [3.8, 4) is 17.0 Å². The van der Waals surface area contributed by atoms with E-state index >= 15 is 0 Å². The molecule has 2 aromatic carbocycles. The first kappa shape index (κ1) is 21.7. The van der Waals surface area contributed by atoms with Gasteiger partial charge in [0.05, 0.1) is 12.8 Å². The van der Waals surface area contributed by atoms with Crippen LogP contribution in [0, 0.1) is 0 Å². The number of H-pyrrole nitrogens is 1. The van der Waals surface area contributed by atoms with E-state index in [1.165, 1.54) is 0 Å². The van der Waals surface area contributed by atoms with Gasteiger partial charge < -0.3 is 10.1 Å². The van der Waals surface area contributed by atoms with Crippen molar-refractivity contribution in [3.05, 3.63) is 77.9 Å². The Balaban J connectivity index is 0.00000124. The largest absolute Gasteiger partial charge is 0.497 e. The Morgan fingerprint density at radius 3 is 2.33 bits per heavy atom. The minimum atomic E-state index is 0.425. The fraction of sp³-hybridized carbons (Fsp3) is 0.130. The van der Waals surface area contributed by atoms with E-state index in [2.05, 4.69) is 32.6 Å². The Kier molecular flexibility index (Phi) is 7.76. The summed E-state index contributed by atoms with van der Waals surface area (Å²) in [5, 5.41) is 11.0. The summed E-state index contributed by atoms with van der Waals surface area (Å²) in [6, 6.07) is 23.6. The second-order valence-electron chi connectivity index (χ2n) is 5.95. The fourth-order valence-electron chi connectivity index (χ4n) is 2.66. The molecule has 0 aliphatic rings. The van der Waals surface area contributed by atoms with Crippen LogP contribution < -0.4 is 10.1 Å². The van der Waals surface area contributed by atoms with E-state index in [1.807, 2.05) is 74.5 Å². The van der Waals surface area contributed by atoms with Gasteiger partial charge in [0, 0.05) is 15.9 Å². The minimum absolute atomic E-state index is 0.425. The van der Waals surface area contributed by atoms with Gasteiger partial charge in [0.15, 0.2) is 5.82 Å². The van der Waals surface area contributed by atoms with Gasteiger partial charge in [-0.15, -0.1) is 0 Å². The van der Waals surface area contributed by atoms with E-state index in [-0.39, 0.29) is 0 Å². The Morgan fingerprint density at radius 1 is 0.900 bits per heavy atom. The molecule has 0 atom stereocenters. The summed E-state index contributed by atoms with van der Waals surface area (Å²) >= 11 is 7.84. The number of halogens is 1. The standard InChI is InChI=1S/C21H17ClN4OS.C2H6/c1-27-15-9-7-14(8-10-15)18-13-21(26-25-18)24-20-12-17(11-19(22)23-20)28-16-5-3-2-4-6-16;1-2/h2-13H,1H3,(H2,23,24,25,26);1-2H3. The number of hydrogen-bond donors (Lipinski definition) is 2. The van der Waals surface area contributed by atoms with Crippen LogP contribution >= 0.6 is 23.4 Å². The summed E-state index contributed by atoms with van der Waals surface area (Å²) < 4.78 is 5.19. The maximum absolute atomic E-state index is 6.21. The third-order valence-corrected chi connectivity index (χ3v) is 5.15. The number of rotatable bonds is 6. The quantitative estimate of drug-likeness (QED) is 0.315. The second-order valence-corrected chi connectivity index (χ2v) is 7.48. The highest BCUT2D eigenvalue weighted by Gasteiger charge is 2.08. The van der Waals surface area contributed by atoms with Crippen molar-refractivity contribution in [1.29, 1.82) is 0 Å². The average molecular weight is 439 g/mol. The zero-order valence-corrected chi connectivity index (χ0v) is 18.6. The predicted molar refractivity (Wildman–Crippen MR) is 125 cm³/mol. The minimum Gasteiger partial charge on any atom is -0.497 e. The third kappa shape index (κ3) is 5.78. The average Bonchev–Trinajstić information content (AvgIpc) is 3.24. The summed E-state index contributed by atoms with van der Waals surface area (Å²) in [7, 11) is 1.65.